The molecule has 1 aromatic carbocycles. The summed E-state index contributed by atoms with van der Waals surface area (Å²) in [6.45, 7) is 0.624. The average Bonchev–Trinajstić information content (AvgIpc) is 3.42. The Morgan fingerprint density at radius 3 is 2.38 bits per heavy atom. The molecule has 8 nitrogen and oxygen atoms in total. The van der Waals surface area contributed by atoms with Gasteiger partial charge in [-0.2, -0.15) is 0 Å². The number of aromatic nitrogens is 3. The number of thioether (sulfide) groups is 1. The summed E-state index contributed by atoms with van der Waals surface area (Å²) in [6.07, 6.45) is 0.169. The molecule has 10 heteroatoms. The van der Waals surface area contributed by atoms with E-state index in [9.17, 15) is 14.4 Å². The lowest BCUT2D eigenvalue weighted by atomic mass is 10.1. The molecule has 3 heterocycles. The SMILES string of the molecule is NC(=O)CCn1c(SCCN2C(=O)c3ccccc3C2=O)nnc1-c1cccs1. The first-order chi connectivity index (χ1) is 14.1. The molecule has 0 saturated carbocycles. The molecule has 0 unspecified atom stereocenters. The first-order valence-corrected chi connectivity index (χ1v) is 10.8. The number of amides is 3. The number of hydrogen-bond acceptors (Lipinski definition) is 7. The summed E-state index contributed by atoms with van der Waals surface area (Å²) in [4.78, 5) is 38.4. The van der Waals surface area contributed by atoms with Gasteiger partial charge in [-0.15, -0.1) is 21.5 Å². The molecule has 0 saturated heterocycles. The van der Waals surface area contributed by atoms with Crippen molar-refractivity contribution in [2.24, 2.45) is 5.73 Å². The molecule has 4 rings (SSSR count). The monoisotopic (exact) mass is 427 g/mol. The van der Waals surface area contributed by atoms with Crippen LogP contribution in [0.5, 0.6) is 0 Å². The number of primary amides is 1. The Morgan fingerprint density at radius 1 is 1.03 bits per heavy atom. The van der Waals surface area contributed by atoms with Gasteiger partial charge in [-0.3, -0.25) is 19.3 Å². The van der Waals surface area contributed by atoms with E-state index in [1.807, 2.05) is 22.1 Å². The third kappa shape index (κ3) is 3.81. The van der Waals surface area contributed by atoms with Crippen molar-refractivity contribution in [1.29, 1.82) is 0 Å². The summed E-state index contributed by atoms with van der Waals surface area (Å²) in [6, 6.07) is 10.7. The number of hydrogen-bond donors (Lipinski definition) is 1. The molecule has 0 bridgehead atoms. The molecule has 0 spiro atoms. The van der Waals surface area contributed by atoms with E-state index in [0.717, 1.165) is 4.88 Å². The van der Waals surface area contributed by atoms with E-state index in [-0.39, 0.29) is 24.8 Å². The maximum Gasteiger partial charge on any atom is 0.261 e. The number of carbonyl (C=O) groups is 3. The second-order valence-corrected chi connectivity index (χ2v) is 8.32. The van der Waals surface area contributed by atoms with Gasteiger partial charge in [0.25, 0.3) is 11.8 Å². The van der Waals surface area contributed by atoms with E-state index >= 15 is 0 Å². The van der Waals surface area contributed by atoms with Gasteiger partial charge >= 0.3 is 0 Å². The normalized spacial score (nSPS) is 13.2. The van der Waals surface area contributed by atoms with Gasteiger partial charge in [0, 0.05) is 25.3 Å². The Morgan fingerprint density at radius 2 is 1.76 bits per heavy atom. The van der Waals surface area contributed by atoms with Crippen LogP contribution in [0.2, 0.25) is 0 Å². The fourth-order valence-corrected chi connectivity index (χ4v) is 4.68. The number of fused-ring (bicyclic) bond motifs is 1. The molecular weight excluding hydrogens is 410 g/mol. The maximum atomic E-state index is 12.5. The zero-order chi connectivity index (χ0) is 20.4. The summed E-state index contributed by atoms with van der Waals surface area (Å²) in [7, 11) is 0. The highest BCUT2D eigenvalue weighted by atomic mass is 32.2. The van der Waals surface area contributed by atoms with Gasteiger partial charge in [0.15, 0.2) is 11.0 Å². The molecule has 2 aromatic heterocycles. The second-order valence-electron chi connectivity index (χ2n) is 6.31. The van der Waals surface area contributed by atoms with Crippen molar-refractivity contribution in [2.45, 2.75) is 18.1 Å². The number of imide groups is 1. The van der Waals surface area contributed by atoms with Crippen molar-refractivity contribution < 1.29 is 14.4 Å². The molecule has 0 aliphatic carbocycles. The van der Waals surface area contributed by atoms with Crippen LogP contribution < -0.4 is 5.73 Å². The van der Waals surface area contributed by atoms with Gasteiger partial charge in [0.1, 0.15) is 0 Å². The van der Waals surface area contributed by atoms with E-state index in [4.69, 9.17) is 5.73 Å². The minimum atomic E-state index is -0.405. The molecule has 1 aliphatic rings. The van der Waals surface area contributed by atoms with Crippen molar-refractivity contribution in [1.82, 2.24) is 19.7 Å². The fourth-order valence-electron chi connectivity index (χ4n) is 3.08. The van der Waals surface area contributed by atoms with Crippen LogP contribution in [0.3, 0.4) is 0 Å². The predicted octanol–water partition coefficient (Wildman–Crippen LogP) is 2.27. The summed E-state index contributed by atoms with van der Waals surface area (Å²) in [5.41, 5.74) is 6.18. The van der Waals surface area contributed by atoms with Crippen LogP contribution in [-0.4, -0.2) is 49.7 Å². The van der Waals surface area contributed by atoms with E-state index in [0.29, 0.717) is 34.4 Å². The quantitative estimate of drug-likeness (QED) is 0.436. The van der Waals surface area contributed by atoms with Gasteiger partial charge in [-0.1, -0.05) is 30.0 Å². The topological polar surface area (TPSA) is 111 Å². The van der Waals surface area contributed by atoms with Crippen LogP contribution in [-0.2, 0) is 11.3 Å². The van der Waals surface area contributed by atoms with E-state index in [1.54, 1.807) is 24.3 Å². The number of nitrogens with two attached hydrogens (primary N) is 1. The third-order valence-corrected chi connectivity index (χ3v) is 6.28. The zero-order valence-corrected chi connectivity index (χ0v) is 16.9. The predicted molar refractivity (Wildman–Crippen MR) is 110 cm³/mol. The summed E-state index contributed by atoms with van der Waals surface area (Å²) in [5.74, 6) is 0.175. The van der Waals surface area contributed by atoms with E-state index < -0.39 is 5.91 Å². The lowest BCUT2D eigenvalue weighted by Gasteiger charge is -2.13. The Hall–Kier alpha value is -2.98. The maximum absolute atomic E-state index is 12.5. The van der Waals surface area contributed by atoms with Crippen LogP contribution in [0.25, 0.3) is 10.7 Å². The minimum Gasteiger partial charge on any atom is -0.370 e. The van der Waals surface area contributed by atoms with Gasteiger partial charge in [0.05, 0.1) is 16.0 Å². The highest BCUT2D eigenvalue weighted by molar-refractivity contribution is 7.99. The van der Waals surface area contributed by atoms with Crippen molar-refractivity contribution in [2.75, 3.05) is 12.3 Å². The Kier molecular flexibility index (Phi) is 5.45. The highest BCUT2D eigenvalue weighted by Crippen LogP contribution is 2.28. The summed E-state index contributed by atoms with van der Waals surface area (Å²) in [5, 5.41) is 11.0. The first kappa shape index (κ1) is 19.3. The number of rotatable bonds is 8. The first-order valence-electron chi connectivity index (χ1n) is 8.89. The molecule has 148 valence electrons. The van der Waals surface area contributed by atoms with Crippen molar-refractivity contribution in [3.63, 3.8) is 0 Å². The minimum absolute atomic E-state index is 0.169. The van der Waals surface area contributed by atoms with Gasteiger partial charge in [0.2, 0.25) is 5.91 Å². The van der Waals surface area contributed by atoms with Crippen molar-refractivity contribution in [3.8, 4) is 10.7 Å². The number of nitrogens with zero attached hydrogens (tertiary/aromatic N) is 4. The lowest BCUT2D eigenvalue weighted by Crippen LogP contribution is -2.31. The van der Waals surface area contributed by atoms with Crippen LogP contribution in [0.4, 0.5) is 0 Å². The molecule has 0 fully saturated rings. The van der Waals surface area contributed by atoms with Crippen LogP contribution >= 0.6 is 23.1 Å². The van der Waals surface area contributed by atoms with Crippen LogP contribution in [0.15, 0.2) is 46.9 Å². The summed E-state index contributed by atoms with van der Waals surface area (Å²) < 4.78 is 1.85. The molecule has 29 heavy (non-hydrogen) atoms. The van der Waals surface area contributed by atoms with Crippen LogP contribution in [0, 0.1) is 0 Å². The highest BCUT2D eigenvalue weighted by Gasteiger charge is 2.34. The molecule has 1 aliphatic heterocycles. The largest absolute Gasteiger partial charge is 0.370 e. The Balaban J connectivity index is 1.47. The van der Waals surface area contributed by atoms with Gasteiger partial charge in [-0.05, 0) is 23.6 Å². The fraction of sp³-hybridized carbons (Fsp3) is 0.211. The van der Waals surface area contributed by atoms with Crippen molar-refractivity contribution >= 4 is 40.8 Å². The molecular formula is C19H17N5O3S2. The average molecular weight is 428 g/mol. The van der Waals surface area contributed by atoms with Crippen molar-refractivity contribution in [3.05, 3.63) is 52.9 Å². The second kappa shape index (κ2) is 8.18. The smallest absolute Gasteiger partial charge is 0.261 e. The summed E-state index contributed by atoms with van der Waals surface area (Å²) >= 11 is 2.91. The number of benzene rings is 1. The van der Waals surface area contributed by atoms with Crippen LogP contribution in [0.1, 0.15) is 27.1 Å². The Bertz CT molecular complexity index is 1040. The molecule has 0 atom stereocenters. The molecule has 3 aromatic rings. The lowest BCUT2D eigenvalue weighted by molar-refractivity contribution is -0.118. The molecule has 2 N–H and O–H groups in total. The molecule has 0 radical (unpaired) electrons. The zero-order valence-electron chi connectivity index (χ0n) is 15.3. The standard InChI is InChI=1S/C19H17N5O3S2/c20-15(25)7-8-23-16(14-6-3-10-28-14)21-22-19(23)29-11-9-24-17(26)12-4-1-2-5-13(12)18(24)27/h1-6,10H,7-9,11H2,(H2,20,25). The van der Waals surface area contributed by atoms with E-state index in [1.165, 1.54) is 28.0 Å². The molecule has 3 amide bonds. The van der Waals surface area contributed by atoms with Gasteiger partial charge < -0.3 is 10.3 Å². The Labute approximate surface area is 174 Å². The number of thiophene rings is 1. The third-order valence-electron chi connectivity index (χ3n) is 4.46. The van der Waals surface area contributed by atoms with E-state index in [2.05, 4.69) is 10.2 Å². The van der Waals surface area contributed by atoms with Gasteiger partial charge in [-0.25, -0.2) is 0 Å². The number of carbonyl (C=O) groups excluding carboxylic acids is 3.